The van der Waals surface area contributed by atoms with Crippen LogP contribution in [-0.2, 0) is 6.42 Å². The SMILES string of the molecule is CN1CCC2=Cc3c(cnn3-c3ccc(F)cc3)C[C@]2(CO)C1. The zero-order valence-electron chi connectivity index (χ0n) is 13.2. The van der Waals surface area contributed by atoms with Crippen LogP contribution in [0.5, 0.6) is 0 Å². The van der Waals surface area contributed by atoms with Crippen molar-refractivity contribution in [3.63, 3.8) is 0 Å². The van der Waals surface area contributed by atoms with Crippen molar-refractivity contribution in [1.29, 1.82) is 0 Å². The van der Waals surface area contributed by atoms with Gasteiger partial charge in [-0.25, -0.2) is 9.07 Å². The molecule has 1 fully saturated rings. The van der Waals surface area contributed by atoms with Gasteiger partial charge in [-0.05, 0) is 55.8 Å². The Morgan fingerprint density at radius 2 is 2.09 bits per heavy atom. The van der Waals surface area contributed by atoms with E-state index >= 15 is 0 Å². The second-order valence-electron chi connectivity index (χ2n) is 6.72. The molecular weight excluding hydrogens is 293 g/mol. The Bertz CT molecular complexity index is 765. The molecule has 1 atom stereocenters. The van der Waals surface area contributed by atoms with Crippen LogP contribution in [0.25, 0.3) is 11.8 Å². The van der Waals surface area contributed by atoms with Crippen molar-refractivity contribution in [2.24, 2.45) is 5.41 Å². The van der Waals surface area contributed by atoms with Crippen LogP contribution in [0.1, 0.15) is 17.7 Å². The highest BCUT2D eigenvalue weighted by molar-refractivity contribution is 5.61. The number of fused-ring (bicyclic) bond motifs is 2. The maximum absolute atomic E-state index is 13.1. The van der Waals surface area contributed by atoms with Gasteiger partial charge in [0, 0.05) is 18.5 Å². The average molecular weight is 313 g/mol. The molecule has 4 rings (SSSR count). The fourth-order valence-electron chi connectivity index (χ4n) is 3.88. The van der Waals surface area contributed by atoms with E-state index in [9.17, 15) is 9.50 Å². The minimum Gasteiger partial charge on any atom is -0.395 e. The lowest BCUT2D eigenvalue weighted by Crippen LogP contribution is -2.47. The van der Waals surface area contributed by atoms with Crippen LogP contribution in [-0.4, -0.2) is 46.5 Å². The quantitative estimate of drug-likeness (QED) is 0.925. The second kappa shape index (κ2) is 5.28. The molecule has 0 amide bonds. The first kappa shape index (κ1) is 14.6. The first-order valence-electron chi connectivity index (χ1n) is 7.95. The van der Waals surface area contributed by atoms with E-state index in [0.29, 0.717) is 0 Å². The predicted octanol–water partition coefficient (Wildman–Crippen LogP) is 2.27. The van der Waals surface area contributed by atoms with Gasteiger partial charge in [0.2, 0.25) is 0 Å². The zero-order valence-corrected chi connectivity index (χ0v) is 13.2. The third kappa shape index (κ3) is 2.31. The van der Waals surface area contributed by atoms with Gasteiger partial charge in [0.1, 0.15) is 5.82 Å². The number of piperidine rings is 1. The fraction of sp³-hybridized carbons (Fsp3) is 0.389. The number of halogens is 1. The molecule has 120 valence electrons. The lowest BCUT2D eigenvalue weighted by molar-refractivity contribution is 0.0890. The maximum Gasteiger partial charge on any atom is 0.123 e. The van der Waals surface area contributed by atoms with Crippen molar-refractivity contribution < 1.29 is 9.50 Å². The second-order valence-corrected chi connectivity index (χ2v) is 6.72. The number of hydrogen-bond donors (Lipinski definition) is 1. The van der Waals surface area contributed by atoms with E-state index in [4.69, 9.17) is 0 Å². The number of aliphatic hydroxyl groups is 1. The molecular formula is C18H20FN3O. The Kier molecular flexibility index (Phi) is 3.36. The van der Waals surface area contributed by atoms with Gasteiger partial charge in [0.05, 0.1) is 24.2 Å². The molecule has 1 saturated heterocycles. The number of aliphatic hydroxyl groups excluding tert-OH is 1. The number of benzene rings is 1. The van der Waals surface area contributed by atoms with Gasteiger partial charge < -0.3 is 10.0 Å². The monoisotopic (exact) mass is 313 g/mol. The van der Waals surface area contributed by atoms with Crippen molar-refractivity contribution in [3.8, 4) is 5.69 Å². The summed E-state index contributed by atoms with van der Waals surface area (Å²) >= 11 is 0. The summed E-state index contributed by atoms with van der Waals surface area (Å²) in [5.41, 5.74) is 4.17. The Morgan fingerprint density at radius 1 is 1.30 bits per heavy atom. The molecule has 0 radical (unpaired) electrons. The van der Waals surface area contributed by atoms with E-state index in [1.54, 1.807) is 12.1 Å². The molecule has 0 spiro atoms. The van der Waals surface area contributed by atoms with Gasteiger partial charge in [-0.3, -0.25) is 0 Å². The molecule has 0 saturated carbocycles. The minimum atomic E-state index is -0.247. The standard InChI is InChI=1S/C18H20FN3O/c1-21-7-6-14-8-17-13(9-18(14,11-21)12-23)10-20-22(17)16-4-2-15(19)3-5-16/h2-5,8,10,23H,6-7,9,11-12H2,1H3/t18-/m1/s1. The number of hydrogen-bond acceptors (Lipinski definition) is 3. The van der Waals surface area contributed by atoms with E-state index in [0.717, 1.165) is 42.9 Å². The lowest BCUT2D eigenvalue weighted by atomic mass is 9.69. The minimum absolute atomic E-state index is 0.157. The Hall–Kier alpha value is -1.98. The molecule has 1 N–H and O–H groups in total. The van der Waals surface area contributed by atoms with E-state index in [-0.39, 0.29) is 17.8 Å². The maximum atomic E-state index is 13.1. The van der Waals surface area contributed by atoms with Crippen LogP contribution in [0.4, 0.5) is 4.39 Å². The molecule has 1 aliphatic heterocycles. The van der Waals surface area contributed by atoms with Crippen molar-refractivity contribution in [2.45, 2.75) is 12.8 Å². The van der Waals surface area contributed by atoms with Gasteiger partial charge in [0.25, 0.3) is 0 Å². The first-order chi connectivity index (χ1) is 11.1. The summed E-state index contributed by atoms with van der Waals surface area (Å²) in [5, 5.41) is 14.5. The highest BCUT2D eigenvalue weighted by atomic mass is 19.1. The Morgan fingerprint density at radius 3 is 2.83 bits per heavy atom. The molecule has 1 aromatic carbocycles. The predicted molar refractivity (Wildman–Crippen MR) is 86.8 cm³/mol. The van der Waals surface area contributed by atoms with Crippen LogP contribution in [0.3, 0.4) is 0 Å². The zero-order chi connectivity index (χ0) is 16.0. The summed E-state index contributed by atoms with van der Waals surface area (Å²) in [7, 11) is 2.10. The lowest BCUT2D eigenvalue weighted by Gasteiger charge is -2.44. The molecule has 1 aliphatic carbocycles. The van der Waals surface area contributed by atoms with Gasteiger partial charge in [-0.2, -0.15) is 5.10 Å². The molecule has 2 aliphatic rings. The number of nitrogens with zero attached hydrogens (tertiary/aromatic N) is 3. The topological polar surface area (TPSA) is 41.3 Å². The third-order valence-corrected chi connectivity index (χ3v) is 5.12. The highest BCUT2D eigenvalue weighted by Gasteiger charge is 2.41. The van der Waals surface area contributed by atoms with Gasteiger partial charge in [-0.15, -0.1) is 0 Å². The number of aromatic nitrogens is 2. The summed E-state index contributed by atoms with van der Waals surface area (Å²) in [6, 6.07) is 6.38. The number of likely N-dealkylation sites (tertiary alicyclic amines) is 1. The third-order valence-electron chi connectivity index (χ3n) is 5.12. The molecule has 0 unspecified atom stereocenters. The summed E-state index contributed by atoms with van der Waals surface area (Å²) in [4.78, 5) is 2.28. The van der Waals surface area contributed by atoms with E-state index in [2.05, 4.69) is 23.1 Å². The smallest absolute Gasteiger partial charge is 0.123 e. The summed E-state index contributed by atoms with van der Waals surface area (Å²) in [5.74, 6) is -0.247. The molecule has 1 aromatic heterocycles. The molecule has 23 heavy (non-hydrogen) atoms. The van der Waals surface area contributed by atoms with Crippen molar-refractivity contribution in [3.05, 3.63) is 53.1 Å². The average Bonchev–Trinajstić information content (AvgIpc) is 2.95. The van der Waals surface area contributed by atoms with Crippen LogP contribution in [0, 0.1) is 11.2 Å². The van der Waals surface area contributed by atoms with Crippen molar-refractivity contribution in [2.75, 3.05) is 26.7 Å². The van der Waals surface area contributed by atoms with Gasteiger partial charge >= 0.3 is 0 Å². The van der Waals surface area contributed by atoms with Gasteiger partial charge in [0.15, 0.2) is 0 Å². The Balaban J connectivity index is 1.78. The number of rotatable bonds is 2. The van der Waals surface area contributed by atoms with Crippen LogP contribution in [0.2, 0.25) is 0 Å². The summed E-state index contributed by atoms with van der Waals surface area (Å²) in [6.45, 7) is 2.04. The van der Waals surface area contributed by atoms with Crippen molar-refractivity contribution in [1.82, 2.24) is 14.7 Å². The largest absolute Gasteiger partial charge is 0.395 e. The van der Waals surface area contributed by atoms with E-state index in [1.165, 1.54) is 17.7 Å². The van der Waals surface area contributed by atoms with E-state index < -0.39 is 0 Å². The van der Waals surface area contributed by atoms with Crippen LogP contribution in [0.15, 0.2) is 36.0 Å². The fourth-order valence-corrected chi connectivity index (χ4v) is 3.88. The summed E-state index contributed by atoms with van der Waals surface area (Å²) in [6.07, 6.45) is 5.82. The molecule has 0 bridgehead atoms. The molecule has 2 aromatic rings. The molecule has 5 heteroatoms. The van der Waals surface area contributed by atoms with Crippen LogP contribution < -0.4 is 0 Å². The van der Waals surface area contributed by atoms with Crippen LogP contribution >= 0.6 is 0 Å². The molecule has 2 heterocycles. The summed E-state index contributed by atoms with van der Waals surface area (Å²) < 4.78 is 15.0. The van der Waals surface area contributed by atoms with Gasteiger partial charge in [-0.1, -0.05) is 5.57 Å². The molecule has 4 nitrogen and oxygen atoms in total. The Labute approximate surface area is 134 Å². The van der Waals surface area contributed by atoms with Crippen molar-refractivity contribution >= 4 is 6.08 Å². The highest BCUT2D eigenvalue weighted by Crippen LogP contribution is 2.43. The van der Waals surface area contributed by atoms with E-state index in [1.807, 2.05) is 10.9 Å². The normalized spacial score (nSPS) is 24.0. The first-order valence-corrected chi connectivity index (χ1v) is 7.95.